The molecule has 0 radical (unpaired) electrons. The second-order valence-corrected chi connectivity index (χ2v) is 5.68. The highest BCUT2D eigenvalue weighted by Crippen LogP contribution is 2.18. The fourth-order valence-corrected chi connectivity index (χ4v) is 2.85. The molecule has 0 saturated carbocycles. The van der Waals surface area contributed by atoms with Crippen molar-refractivity contribution in [3.05, 3.63) is 23.8 Å². The van der Waals surface area contributed by atoms with Crippen molar-refractivity contribution in [1.82, 2.24) is 24.7 Å². The predicted molar refractivity (Wildman–Crippen MR) is 75.2 cm³/mol. The second-order valence-electron chi connectivity index (χ2n) is 5.68. The van der Waals surface area contributed by atoms with Crippen molar-refractivity contribution < 1.29 is 9.59 Å². The van der Waals surface area contributed by atoms with E-state index in [4.69, 9.17) is 0 Å². The summed E-state index contributed by atoms with van der Waals surface area (Å²) in [6.45, 7) is 4.67. The average Bonchev–Trinajstić information content (AvgIpc) is 2.47. The third kappa shape index (κ3) is 2.73. The van der Waals surface area contributed by atoms with Gasteiger partial charge in [0.2, 0.25) is 11.8 Å². The zero-order valence-electron chi connectivity index (χ0n) is 12.3. The van der Waals surface area contributed by atoms with Crippen molar-refractivity contribution in [2.45, 2.75) is 19.5 Å². The summed E-state index contributed by atoms with van der Waals surface area (Å²) in [5.41, 5.74) is 1.77. The van der Waals surface area contributed by atoms with Crippen LogP contribution in [0, 0.1) is 6.92 Å². The van der Waals surface area contributed by atoms with Gasteiger partial charge in [0.25, 0.3) is 0 Å². The van der Waals surface area contributed by atoms with Crippen LogP contribution in [0.25, 0.3) is 0 Å². The van der Waals surface area contributed by atoms with E-state index in [1.54, 1.807) is 24.3 Å². The molecule has 3 heterocycles. The molecule has 1 atom stereocenters. The van der Waals surface area contributed by atoms with Crippen LogP contribution < -0.4 is 0 Å². The Morgan fingerprint density at radius 1 is 1.24 bits per heavy atom. The minimum atomic E-state index is -0.358. The molecule has 1 aromatic heterocycles. The molecule has 0 unspecified atom stereocenters. The van der Waals surface area contributed by atoms with Gasteiger partial charge in [-0.2, -0.15) is 0 Å². The van der Waals surface area contributed by atoms with Gasteiger partial charge in [0.15, 0.2) is 0 Å². The van der Waals surface area contributed by atoms with Crippen LogP contribution in [0.15, 0.2) is 12.4 Å². The zero-order valence-corrected chi connectivity index (χ0v) is 12.3. The van der Waals surface area contributed by atoms with E-state index in [-0.39, 0.29) is 24.4 Å². The van der Waals surface area contributed by atoms with Crippen LogP contribution in [0.4, 0.5) is 0 Å². The monoisotopic (exact) mass is 289 g/mol. The summed E-state index contributed by atoms with van der Waals surface area (Å²) in [5.74, 6) is 0.0613. The minimum Gasteiger partial charge on any atom is -0.335 e. The van der Waals surface area contributed by atoms with Gasteiger partial charge < -0.3 is 9.80 Å². The molecule has 0 aliphatic carbocycles. The van der Waals surface area contributed by atoms with E-state index in [1.165, 1.54) is 4.90 Å². The summed E-state index contributed by atoms with van der Waals surface area (Å²) in [5, 5.41) is 0. The van der Waals surface area contributed by atoms with E-state index in [9.17, 15) is 9.59 Å². The number of amides is 2. The van der Waals surface area contributed by atoms with Gasteiger partial charge in [-0.25, -0.2) is 0 Å². The molecule has 2 amide bonds. The van der Waals surface area contributed by atoms with Gasteiger partial charge in [-0.15, -0.1) is 0 Å². The smallest absolute Gasteiger partial charge is 0.246 e. The summed E-state index contributed by atoms with van der Waals surface area (Å²) >= 11 is 0. The molecular weight excluding hydrogens is 270 g/mol. The summed E-state index contributed by atoms with van der Waals surface area (Å²) in [4.78, 5) is 38.2. The van der Waals surface area contributed by atoms with E-state index in [0.29, 0.717) is 19.6 Å². The van der Waals surface area contributed by atoms with Crippen LogP contribution in [0.3, 0.4) is 0 Å². The maximum atomic E-state index is 12.2. The van der Waals surface area contributed by atoms with Gasteiger partial charge in [0.05, 0.1) is 17.9 Å². The van der Waals surface area contributed by atoms with Crippen LogP contribution >= 0.6 is 0 Å². The lowest BCUT2D eigenvalue weighted by molar-refractivity contribution is -0.158. The lowest BCUT2D eigenvalue weighted by Crippen LogP contribution is -2.65. The predicted octanol–water partition coefficient (Wildman–Crippen LogP) is -0.730. The summed E-state index contributed by atoms with van der Waals surface area (Å²) in [6.07, 6.45) is 3.51. The molecule has 0 spiro atoms. The number of fused-ring (bicyclic) bond motifs is 1. The van der Waals surface area contributed by atoms with E-state index in [2.05, 4.69) is 14.9 Å². The average molecular weight is 289 g/mol. The van der Waals surface area contributed by atoms with Crippen molar-refractivity contribution in [2.24, 2.45) is 0 Å². The lowest BCUT2D eigenvalue weighted by Gasteiger charge is -2.45. The molecule has 2 fully saturated rings. The molecule has 7 nitrogen and oxygen atoms in total. The van der Waals surface area contributed by atoms with Crippen molar-refractivity contribution in [3.8, 4) is 0 Å². The first-order valence-electron chi connectivity index (χ1n) is 7.09. The normalized spacial score (nSPS) is 23.4. The molecule has 2 aliphatic rings. The topological polar surface area (TPSA) is 69.6 Å². The number of hydrogen-bond acceptors (Lipinski definition) is 5. The van der Waals surface area contributed by atoms with Crippen LogP contribution in [-0.2, 0) is 16.1 Å². The Morgan fingerprint density at radius 3 is 2.76 bits per heavy atom. The number of rotatable bonds is 2. The van der Waals surface area contributed by atoms with E-state index in [1.807, 2.05) is 6.92 Å². The molecule has 7 heteroatoms. The summed E-state index contributed by atoms with van der Waals surface area (Å²) in [6, 6.07) is -0.358. The molecule has 2 saturated heterocycles. The molecule has 0 N–H and O–H groups in total. The van der Waals surface area contributed by atoms with Crippen molar-refractivity contribution in [2.75, 3.05) is 33.2 Å². The Labute approximate surface area is 123 Å². The summed E-state index contributed by atoms with van der Waals surface area (Å²) in [7, 11) is 1.68. The first-order chi connectivity index (χ1) is 10.0. The maximum absolute atomic E-state index is 12.2. The third-order valence-electron chi connectivity index (χ3n) is 4.04. The van der Waals surface area contributed by atoms with Crippen LogP contribution in [0.2, 0.25) is 0 Å². The highest BCUT2D eigenvalue weighted by Gasteiger charge is 2.41. The van der Waals surface area contributed by atoms with Gasteiger partial charge in [-0.05, 0) is 6.92 Å². The van der Waals surface area contributed by atoms with Crippen LogP contribution in [-0.4, -0.2) is 75.8 Å². The molecular formula is C14H19N5O2. The molecule has 2 aliphatic heterocycles. The third-order valence-corrected chi connectivity index (χ3v) is 4.04. The van der Waals surface area contributed by atoms with Crippen molar-refractivity contribution in [3.63, 3.8) is 0 Å². The number of aryl methyl sites for hydroxylation is 1. The first-order valence-corrected chi connectivity index (χ1v) is 7.09. The molecule has 0 aromatic carbocycles. The number of aromatic nitrogens is 2. The highest BCUT2D eigenvalue weighted by atomic mass is 16.2. The van der Waals surface area contributed by atoms with Gasteiger partial charge in [-0.1, -0.05) is 0 Å². The molecule has 21 heavy (non-hydrogen) atoms. The molecule has 112 valence electrons. The fourth-order valence-electron chi connectivity index (χ4n) is 2.85. The largest absolute Gasteiger partial charge is 0.335 e. The Balaban J connectivity index is 1.69. The van der Waals surface area contributed by atoms with Gasteiger partial charge in [-0.3, -0.25) is 24.5 Å². The minimum absolute atomic E-state index is 0.0225. The Kier molecular flexibility index (Phi) is 3.59. The number of carbonyl (C=O) groups is 2. The van der Waals surface area contributed by atoms with Crippen molar-refractivity contribution in [1.29, 1.82) is 0 Å². The Bertz CT molecular complexity index is 559. The van der Waals surface area contributed by atoms with Gasteiger partial charge in [0, 0.05) is 45.6 Å². The molecule has 0 bridgehead atoms. The SMILES string of the molecule is Cc1cnc(CN2CCN3C(=O)CN(C)C(=O)[C@@H]3C2)cn1. The van der Waals surface area contributed by atoms with E-state index in [0.717, 1.165) is 17.9 Å². The van der Waals surface area contributed by atoms with Crippen LogP contribution in [0.1, 0.15) is 11.4 Å². The number of carbonyl (C=O) groups excluding carboxylic acids is 2. The standard InChI is InChI=1S/C14H19N5O2/c1-10-5-16-11(6-15-10)7-18-3-4-19-12(8-18)14(21)17(2)9-13(19)20/h5-6,12H,3-4,7-9H2,1-2H3/t12-/m0/s1. The number of piperazine rings is 2. The quantitative estimate of drug-likeness (QED) is 0.718. The van der Waals surface area contributed by atoms with Crippen molar-refractivity contribution >= 4 is 11.8 Å². The first kappa shape index (κ1) is 13.9. The zero-order chi connectivity index (χ0) is 15.0. The lowest BCUT2D eigenvalue weighted by atomic mass is 10.1. The highest BCUT2D eigenvalue weighted by molar-refractivity contribution is 5.95. The van der Waals surface area contributed by atoms with Gasteiger partial charge in [0.1, 0.15) is 6.04 Å². The molecule has 1 aromatic rings. The fraction of sp³-hybridized carbons (Fsp3) is 0.571. The Morgan fingerprint density at radius 2 is 2.05 bits per heavy atom. The Hall–Kier alpha value is -2.02. The maximum Gasteiger partial charge on any atom is 0.246 e. The summed E-state index contributed by atoms with van der Waals surface area (Å²) < 4.78 is 0. The van der Waals surface area contributed by atoms with Gasteiger partial charge >= 0.3 is 0 Å². The van der Waals surface area contributed by atoms with E-state index < -0.39 is 0 Å². The number of hydrogen-bond donors (Lipinski definition) is 0. The van der Waals surface area contributed by atoms with Crippen LogP contribution in [0.5, 0.6) is 0 Å². The number of likely N-dealkylation sites (N-methyl/N-ethyl adjacent to an activating group) is 1. The van der Waals surface area contributed by atoms with E-state index >= 15 is 0 Å². The number of nitrogens with zero attached hydrogens (tertiary/aromatic N) is 5. The molecule has 3 rings (SSSR count). The second kappa shape index (κ2) is 5.40.